The third-order valence-electron chi connectivity index (χ3n) is 2.34. The smallest absolute Gasteiger partial charge is 0.304 e. The minimum absolute atomic E-state index is 0.141. The van der Waals surface area contributed by atoms with Gasteiger partial charge in [0, 0.05) is 26.4 Å². The Morgan fingerprint density at radius 2 is 2.20 bits per heavy atom. The first-order valence-corrected chi connectivity index (χ1v) is 7.61. The lowest BCUT2D eigenvalue weighted by atomic mass is 10.5. The predicted molar refractivity (Wildman–Crippen MR) is 74.5 cm³/mol. The fourth-order valence-corrected chi connectivity index (χ4v) is 3.79. The van der Waals surface area contributed by atoms with Crippen molar-refractivity contribution in [1.29, 1.82) is 0 Å². The van der Waals surface area contributed by atoms with Crippen LogP contribution in [0.1, 0.15) is 0 Å². The van der Waals surface area contributed by atoms with Crippen LogP contribution in [0, 0.1) is 10.1 Å². The highest BCUT2D eigenvalue weighted by molar-refractivity contribution is 7.94. The van der Waals surface area contributed by atoms with Gasteiger partial charge in [0.2, 0.25) is 0 Å². The third kappa shape index (κ3) is 2.72. The molecule has 0 bridgehead atoms. The van der Waals surface area contributed by atoms with E-state index in [1.54, 1.807) is 7.05 Å². The second kappa shape index (κ2) is 5.09. The van der Waals surface area contributed by atoms with Gasteiger partial charge in [-0.15, -0.1) is 0 Å². The molecule has 11 heteroatoms. The number of sulfonamides is 1. The highest BCUT2D eigenvalue weighted by Crippen LogP contribution is 2.37. The van der Waals surface area contributed by atoms with Crippen molar-refractivity contribution < 1.29 is 13.3 Å². The van der Waals surface area contributed by atoms with Gasteiger partial charge in [0.1, 0.15) is 4.21 Å². The van der Waals surface area contributed by atoms with Crippen LogP contribution < -0.4 is 10.0 Å². The van der Waals surface area contributed by atoms with Gasteiger partial charge in [-0.2, -0.15) is 5.10 Å². The van der Waals surface area contributed by atoms with Crippen molar-refractivity contribution in [3.63, 3.8) is 0 Å². The van der Waals surface area contributed by atoms with Gasteiger partial charge in [0.15, 0.2) is 5.00 Å². The molecule has 0 saturated heterocycles. The van der Waals surface area contributed by atoms with Gasteiger partial charge in [-0.3, -0.25) is 19.5 Å². The Morgan fingerprint density at radius 3 is 2.65 bits per heavy atom. The van der Waals surface area contributed by atoms with E-state index in [4.69, 9.17) is 0 Å². The number of nitrogens with zero attached hydrogens (tertiary/aromatic N) is 3. The first-order chi connectivity index (χ1) is 9.33. The Morgan fingerprint density at radius 1 is 1.50 bits per heavy atom. The number of nitrogens with one attached hydrogen (secondary N) is 2. The molecule has 0 saturated carbocycles. The molecule has 2 rings (SSSR count). The zero-order valence-corrected chi connectivity index (χ0v) is 12.2. The molecule has 0 aliphatic rings. The summed E-state index contributed by atoms with van der Waals surface area (Å²) in [7, 11) is -0.739. The number of hydrogen-bond donors (Lipinski definition) is 2. The Labute approximate surface area is 118 Å². The van der Waals surface area contributed by atoms with E-state index in [-0.39, 0.29) is 20.6 Å². The van der Waals surface area contributed by atoms with E-state index in [2.05, 4.69) is 15.1 Å². The Balaban J connectivity index is 2.37. The lowest BCUT2D eigenvalue weighted by Gasteiger charge is -2.01. The zero-order chi connectivity index (χ0) is 14.9. The minimum Gasteiger partial charge on any atom is -0.374 e. The fraction of sp³-hybridized carbons (Fsp3) is 0.222. The molecule has 0 radical (unpaired) electrons. The van der Waals surface area contributed by atoms with Crippen molar-refractivity contribution in [2.24, 2.45) is 7.05 Å². The normalized spacial score (nSPS) is 11.3. The van der Waals surface area contributed by atoms with E-state index < -0.39 is 14.9 Å². The van der Waals surface area contributed by atoms with Crippen LogP contribution in [-0.4, -0.2) is 30.2 Å². The quantitative estimate of drug-likeness (QED) is 0.632. The van der Waals surface area contributed by atoms with Crippen LogP contribution in [-0.2, 0) is 17.1 Å². The van der Waals surface area contributed by atoms with Gasteiger partial charge in [-0.25, -0.2) is 8.42 Å². The molecule has 9 nitrogen and oxygen atoms in total. The molecular formula is C9H11N5O4S2. The minimum atomic E-state index is -3.87. The third-order valence-corrected chi connectivity index (χ3v) is 5.33. The Kier molecular flexibility index (Phi) is 3.63. The first kappa shape index (κ1) is 14.3. The molecule has 0 spiro atoms. The van der Waals surface area contributed by atoms with Crippen LogP contribution in [0.25, 0.3) is 0 Å². The summed E-state index contributed by atoms with van der Waals surface area (Å²) in [6, 6.07) is 1.02. The average Bonchev–Trinajstić information content (AvgIpc) is 2.95. The largest absolute Gasteiger partial charge is 0.374 e. The number of anilines is 2. The monoisotopic (exact) mass is 317 g/mol. The lowest BCUT2D eigenvalue weighted by Crippen LogP contribution is -2.10. The van der Waals surface area contributed by atoms with Gasteiger partial charge < -0.3 is 5.32 Å². The predicted octanol–water partition coefficient (Wildman–Crippen LogP) is 1.23. The van der Waals surface area contributed by atoms with Crippen molar-refractivity contribution in [3.8, 4) is 0 Å². The molecule has 2 aromatic rings. The summed E-state index contributed by atoms with van der Waals surface area (Å²) < 4.78 is 27.9. The second-order valence-electron chi connectivity index (χ2n) is 3.80. The highest BCUT2D eigenvalue weighted by Gasteiger charge is 2.25. The summed E-state index contributed by atoms with van der Waals surface area (Å²) >= 11 is 0.790. The molecule has 0 fully saturated rings. The number of aryl methyl sites for hydroxylation is 1. The van der Waals surface area contributed by atoms with E-state index in [0.717, 1.165) is 17.4 Å². The number of nitro groups is 1. The van der Waals surface area contributed by atoms with E-state index in [0.29, 0.717) is 0 Å². The van der Waals surface area contributed by atoms with Crippen LogP contribution in [0.5, 0.6) is 0 Å². The molecule has 20 heavy (non-hydrogen) atoms. The molecule has 0 aliphatic heterocycles. The van der Waals surface area contributed by atoms with E-state index >= 15 is 0 Å². The maximum absolute atomic E-state index is 12.1. The average molecular weight is 317 g/mol. The van der Waals surface area contributed by atoms with Crippen molar-refractivity contribution in [3.05, 3.63) is 28.6 Å². The van der Waals surface area contributed by atoms with Crippen molar-refractivity contribution in [2.45, 2.75) is 4.21 Å². The summed E-state index contributed by atoms with van der Waals surface area (Å²) in [4.78, 5) is 10.2. The van der Waals surface area contributed by atoms with E-state index in [1.807, 2.05) is 0 Å². The van der Waals surface area contributed by atoms with Crippen LogP contribution in [0.4, 0.5) is 16.4 Å². The fourth-order valence-electron chi connectivity index (χ4n) is 1.49. The number of thiophene rings is 1. The molecule has 0 aromatic carbocycles. The molecule has 0 amide bonds. The zero-order valence-electron chi connectivity index (χ0n) is 10.5. The second-order valence-corrected chi connectivity index (χ2v) is 6.76. The Hall–Kier alpha value is -2.14. The van der Waals surface area contributed by atoms with Gasteiger partial charge in [0.25, 0.3) is 10.0 Å². The van der Waals surface area contributed by atoms with Crippen LogP contribution >= 0.6 is 11.3 Å². The Bertz CT molecular complexity index is 748. The summed E-state index contributed by atoms with van der Waals surface area (Å²) in [6.07, 6.45) is 2.83. The molecule has 0 unspecified atom stereocenters. The molecule has 0 atom stereocenters. The SMILES string of the molecule is CNc1sc(S(=O)(=O)Nc2cnn(C)c2)cc1[N+](=O)[O-]. The van der Waals surface area contributed by atoms with Crippen LogP contribution in [0.3, 0.4) is 0 Å². The molecular weight excluding hydrogens is 306 g/mol. The summed E-state index contributed by atoms with van der Waals surface area (Å²) in [6.45, 7) is 0. The number of aromatic nitrogens is 2. The van der Waals surface area contributed by atoms with Gasteiger partial charge >= 0.3 is 5.69 Å². The summed E-state index contributed by atoms with van der Waals surface area (Å²) in [5.74, 6) is 0. The molecule has 2 aromatic heterocycles. The lowest BCUT2D eigenvalue weighted by molar-refractivity contribution is -0.383. The van der Waals surface area contributed by atoms with Crippen molar-refractivity contribution in [1.82, 2.24) is 9.78 Å². The van der Waals surface area contributed by atoms with Gasteiger partial charge in [0.05, 0.1) is 16.8 Å². The maximum atomic E-state index is 12.1. The maximum Gasteiger partial charge on any atom is 0.304 e. The topological polar surface area (TPSA) is 119 Å². The molecule has 0 aliphatic carbocycles. The first-order valence-electron chi connectivity index (χ1n) is 5.31. The van der Waals surface area contributed by atoms with Crippen LogP contribution in [0.15, 0.2) is 22.7 Å². The number of rotatable bonds is 5. The highest BCUT2D eigenvalue weighted by atomic mass is 32.2. The molecule has 2 heterocycles. The standard InChI is InChI=1S/C9H11N5O4S2/c1-10-9-7(14(15)16)3-8(19-9)20(17,18)12-6-4-11-13(2)5-6/h3-5,10,12H,1-2H3. The van der Waals surface area contributed by atoms with Gasteiger partial charge in [-0.05, 0) is 0 Å². The molecule has 2 N–H and O–H groups in total. The van der Waals surface area contributed by atoms with E-state index in [1.165, 1.54) is 24.1 Å². The number of hydrogen-bond acceptors (Lipinski definition) is 7. The van der Waals surface area contributed by atoms with Crippen molar-refractivity contribution >= 4 is 37.7 Å². The molecule has 108 valence electrons. The summed E-state index contributed by atoms with van der Waals surface area (Å²) in [5.41, 5.74) is 0.0126. The van der Waals surface area contributed by atoms with Gasteiger partial charge in [-0.1, -0.05) is 11.3 Å². The summed E-state index contributed by atoms with van der Waals surface area (Å²) in [5, 5.41) is 17.4. The van der Waals surface area contributed by atoms with Crippen LogP contribution in [0.2, 0.25) is 0 Å². The van der Waals surface area contributed by atoms with E-state index in [9.17, 15) is 18.5 Å². The van der Waals surface area contributed by atoms with Crippen molar-refractivity contribution in [2.75, 3.05) is 17.1 Å².